The summed E-state index contributed by atoms with van der Waals surface area (Å²) in [7, 11) is -2.77. The average molecular weight is 219 g/mol. The van der Waals surface area contributed by atoms with Crippen LogP contribution in [0.25, 0.3) is 0 Å². The summed E-state index contributed by atoms with van der Waals surface area (Å²) in [6, 6.07) is 1.15. The van der Waals surface area contributed by atoms with Crippen molar-refractivity contribution in [2.45, 2.75) is 51.1 Å². The first-order valence-electron chi connectivity index (χ1n) is 5.41. The van der Waals surface area contributed by atoms with Crippen molar-refractivity contribution in [1.82, 2.24) is 5.32 Å². The molecule has 1 fully saturated rings. The van der Waals surface area contributed by atoms with Gasteiger partial charge in [-0.2, -0.15) is 0 Å². The summed E-state index contributed by atoms with van der Waals surface area (Å²) in [5.74, 6) is 0.333. The molecule has 14 heavy (non-hydrogen) atoms. The summed E-state index contributed by atoms with van der Waals surface area (Å²) in [6.45, 7) is 2.20. The van der Waals surface area contributed by atoms with Crippen molar-refractivity contribution in [1.29, 1.82) is 0 Å². The van der Waals surface area contributed by atoms with E-state index in [1.54, 1.807) is 0 Å². The average Bonchev–Trinajstić information content (AvgIpc) is 2.01. The summed E-state index contributed by atoms with van der Waals surface area (Å²) >= 11 is 0. The Bertz CT molecular complexity index is 261. The van der Waals surface area contributed by atoms with Crippen molar-refractivity contribution in [3.8, 4) is 0 Å². The molecule has 0 bridgehead atoms. The lowest BCUT2D eigenvalue weighted by atomic mass is 9.97. The fraction of sp³-hybridized carbons (Fsp3) is 1.00. The van der Waals surface area contributed by atoms with E-state index in [9.17, 15) is 8.42 Å². The Morgan fingerprint density at radius 2 is 2.07 bits per heavy atom. The van der Waals surface area contributed by atoms with E-state index in [1.807, 2.05) is 0 Å². The van der Waals surface area contributed by atoms with E-state index in [2.05, 4.69) is 12.2 Å². The van der Waals surface area contributed by atoms with Crippen LogP contribution in [-0.4, -0.2) is 32.5 Å². The fourth-order valence-electron chi connectivity index (χ4n) is 2.06. The first kappa shape index (κ1) is 12.0. The molecule has 0 aromatic carbocycles. The topological polar surface area (TPSA) is 46.2 Å². The maximum Gasteiger partial charge on any atom is 0.147 e. The molecular formula is C10H21NO2S. The third-order valence-corrected chi connectivity index (χ3v) is 3.81. The number of rotatable bonds is 4. The van der Waals surface area contributed by atoms with Gasteiger partial charge in [0.15, 0.2) is 0 Å². The number of hydrogen-bond donors (Lipinski definition) is 1. The molecule has 0 saturated carbocycles. The quantitative estimate of drug-likeness (QED) is 0.776. The van der Waals surface area contributed by atoms with Gasteiger partial charge in [0.1, 0.15) is 9.84 Å². The molecular weight excluding hydrogens is 198 g/mol. The van der Waals surface area contributed by atoms with Crippen LogP contribution in [0.1, 0.15) is 39.0 Å². The zero-order chi connectivity index (χ0) is 10.6. The Kier molecular flexibility index (Phi) is 4.38. The molecule has 0 aliphatic carbocycles. The lowest BCUT2D eigenvalue weighted by Gasteiger charge is -2.28. The Balaban J connectivity index is 2.18. The lowest BCUT2D eigenvalue weighted by molar-refractivity contribution is 0.320. The summed E-state index contributed by atoms with van der Waals surface area (Å²) in [6.07, 6.45) is 6.83. The number of piperidine rings is 1. The highest BCUT2D eigenvalue weighted by Gasteiger charge is 2.17. The van der Waals surface area contributed by atoms with Crippen molar-refractivity contribution < 1.29 is 8.42 Å². The smallest absolute Gasteiger partial charge is 0.147 e. The van der Waals surface area contributed by atoms with Gasteiger partial charge in [-0.3, -0.25) is 0 Å². The van der Waals surface area contributed by atoms with Crippen LogP contribution in [0.5, 0.6) is 0 Å². The first-order chi connectivity index (χ1) is 6.47. The van der Waals surface area contributed by atoms with Gasteiger partial charge in [0.25, 0.3) is 0 Å². The van der Waals surface area contributed by atoms with Crippen LogP contribution in [0.15, 0.2) is 0 Å². The third-order valence-electron chi connectivity index (χ3n) is 2.78. The molecule has 0 aromatic rings. The van der Waals surface area contributed by atoms with Gasteiger partial charge in [-0.05, 0) is 32.6 Å². The van der Waals surface area contributed by atoms with Crippen molar-refractivity contribution in [2.75, 3.05) is 12.0 Å². The highest BCUT2D eigenvalue weighted by atomic mass is 32.2. The minimum Gasteiger partial charge on any atom is -0.312 e. The molecule has 1 rings (SSSR count). The van der Waals surface area contributed by atoms with Crippen LogP contribution < -0.4 is 5.32 Å². The molecule has 2 atom stereocenters. The van der Waals surface area contributed by atoms with Crippen LogP contribution in [-0.2, 0) is 9.84 Å². The second-order valence-corrected chi connectivity index (χ2v) is 6.73. The minimum atomic E-state index is -2.77. The maximum atomic E-state index is 10.9. The summed E-state index contributed by atoms with van der Waals surface area (Å²) in [5, 5.41) is 3.51. The van der Waals surface area contributed by atoms with Crippen LogP contribution >= 0.6 is 0 Å². The van der Waals surface area contributed by atoms with E-state index in [0.29, 0.717) is 17.8 Å². The third kappa shape index (κ3) is 4.96. The van der Waals surface area contributed by atoms with Crippen LogP contribution in [0.2, 0.25) is 0 Å². The van der Waals surface area contributed by atoms with E-state index < -0.39 is 9.84 Å². The van der Waals surface area contributed by atoms with Gasteiger partial charge in [0.2, 0.25) is 0 Å². The van der Waals surface area contributed by atoms with E-state index in [1.165, 1.54) is 25.5 Å². The minimum absolute atomic E-state index is 0.333. The molecule has 0 amide bonds. The van der Waals surface area contributed by atoms with E-state index in [0.717, 1.165) is 12.8 Å². The normalized spacial score (nSPS) is 29.0. The van der Waals surface area contributed by atoms with Gasteiger partial charge in [-0.25, -0.2) is 8.42 Å². The predicted octanol–water partition coefficient (Wildman–Crippen LogP) is 1.34. The Morgan fingerprint density at radius 3 is 2.64 bits per heavy atom. The molecule has 1 heterocycles. The number of sulfone groups is 1. The number of nitrogens with one attached hydrogen (secondary N) is 1. The Hall–Kier alpha value is -0.0900. The molecule has 4 heteroatoms. The molecule has 1 aliphatic heterocycles. The molecule has 3 nitrogen and oxygen atoms in total. The van der Waals surface area contributed by atoms with Crippen molar-refractivity contribution in [3.63, 3.8) is 0 Å². The molecule has 2 unspecified atom stereocenters. The van der Waals surface area contributed by atoms with E-state index in [-0.39, 0.29) is 0 Å². The molecule has 0 radical (unpaired) electrons. The van der Waals surface area contributed by atoms with Crippen LogP contribution in [0, 0.1) is 0 Å². The molecule has 1 saturated heterocycles. The molecule has 0 aromatic heterocycles. The molecule has 1 aliphatic rings. The Morgan fingerprint density at radius 1 is 1.36 bits per heavy atom. The lowest BCUT2D eigenvalue weighted by Crippen LogP contribution is -2.40. The highest BCUT2D eigenvalue weighted by molar-refractivity contribution is 7.90. The molecule has 84 valence electrons. The maximum absolute atomic E-state index is 10.9. The van der Waals surface area contributed by atoms with Crippen molar-refractivity contribution >= 4 is 9.84 Å². The van der Waals surface area contributed by atoms with Crippen LogP contribution in [0.3, 0.4) is 0 Å². The van der Waals surface area contributed by atoms with E-state index >= 15 is 0 Å². The first-order valence-corrected chi connectivity index (χ1v) is 7.47. The van der Waals surface area contributed by atoms with Crippen LogP contribution in [0.4, 0.5) is 0 Å². The predicted molar refractivity (Wildman–Crippen MR) is 59.2 cm³/mol. The summed E-state index contributed by atoms with van der Waals surface area (Å²) in [5.41, 5.74) is 0. The second-order valence-electron chi connectivity index (χ2n) is 4.47. The van der Waals surface area contributed by atoms with Gasteiger partial charge >= 0.3 is 0 Å². The van der Waals surface area contributed by atoms with Crippen molar-refractivity contribution in [2.24, 2.45) is 0 Å². The molecule has 1 N–H and O–H groups in total. The fourth-order valence-corrected chi connectivity index (χ4v) is 2.75. The SMILES string of the molecule is CC1CCCC(CCCS(C)(=O)=O)N1. The largest absolute Gasteiger partial charge is 0.312 e. The van der Waals surface area contributed by atoms with Gasteiger partial charge in [-0.15, -0.1) is 0 Å². The molecule has 0 spiro atoms. The standard InChI is InChI=1S/C10H21NO2S/c1-9-5-3-6-10(11-9)7-4-8-14(2,12)13/h9-11H,3-8H2,1-2H3. The Labute approximate surface area is 87.2 Å². The zero-order valence-corrected chi connectivity index (χ0v) is 9.94. The highest BCUT2D eigenvalue weighted by Crippen LogP contribution is 2.15. The number of hydrogen-bond acceptors (Lipinski definition) is 3. The second kappa shape index (κ2) is 5.12. The van der Waals surface area contributed by atoms with Gasteiger partial charge < -0.3 is 5.32 Å². The van der Waals surface area contributed by atoms with Gasteiger partial charge in [-0.1, -0.05) is 6.42 Å². The van der Waals surface area contributed by atoms with Gasteiger partial charge in [0, 0.05) is 24.1 Å². The van der Waals surface area contributed by atoms with E-state index in [4.69, 9.17) is 0 Å². The summed E-state index contributed by atoms with van der Waals surface area (Å²) < 4.78 is 21.8. The van der Waals surface area contributed by atoms with Gasteiger partial charge in [0.05, 0.1) is 0 Å². The van der Waals surface area contributed by atoms with Crippen molar-refractivity contribution in [3.05, 3.63) is 0 Å². The monoisotopic (exact) mass is 219 g/mol. The summed E-state index contributed by atoms with van der Waals surface area (Å²) in [4.78, 5) is 0. The zero-order valence-electron chi connectivity index (χ0n) is 9.12.